The van der Waals surface area contributed by atoms with Gasteiger partial charge in [0.1, 0.15) is 11.3 Å². The number of amides is 2. The van der Waals surface area contributed by atoms with Crippen LogP contribution in [0.3, 0.4) is 0 Å². The van der Waals surface area contributed by atoms with Gasteiger partial charge in [0.15, 0.2) is 0 Å². The maximum absolute atomic E-state index is 13.5. The van der Waals surface area contributed by atoms with Crippen LogP contribution in [0.15, 0.2) is 60.9 Å². The summed E-state index contributed by atoms with van der Waals surface area (Å²) in [5.74, 6) is 0.899. The van der Waals surface area contributed by atoms with E-state index < -0.39 is 17.8 Å². The predicted octanol–water partition coefficient (Wildman–Crippen LogP) is 5.17. The van der Waals surface area contributed by atoms with Gasteiger partial charge in [0.25, 0.3) is 0 Å². The van der Waals surface area contributed by atoms with Gasteiger partial charge in [-0.05, 0) is 49.5 Å². The van der Waals surface area contributed by atoms with Gasteiger partial charge < -0.3 is 14.7 Å². The standard InChI is InChI=1S/C28H26F3N7O/c1-35-10-12-37(13-11-35)24-9-6-18(15-33-24)22-7-8-23-25(34-22)26-19(16-32-23)17-36(2)27(39)38(26)21-5-3-4-20(14-21)28(29,30)31/h3-9,14-16H,10-13,17H2,1-2H3. The molecule has 1 aromatic carbocycles. The summed E-state index contributed by atoms with van der Waals surface area (Å²) in [6.45, 7) is 4.03. The van der Waals surface area contributed by atoms with Gasteiger partial charge in [-0.15, -0.1) is 0 Å². The van der Waals surface area contributed by atoms with E-state index in [0.29, 0.717) is 28.0 Å². The normalized spacial score (nSPS) is 16.6. The lowest BCUT2D eigenvalue weighted by Gasteiger charge is -2.35. The van der Waals surface area contributed by atoms with Gasteiger partial charge in [0.2, 0.25) is 0 Å². The molecule has 6 rings (SSSR count). The molecule has 0 spiro atoms. The van der Waals surface area contributed by atoms with E-state index in [-0.39, 0.29) is 12.2 Å². The monoisotopic (exact) mass is 533 g/mol. The SMILES string of the molecule is CN1CCN(c2ccc(-c3ccc4ncc5c(c4n3)N(c3cccc(C(F)(F)F)c3)C(=O)N(C)C5)cn2)CC1. The Morgan fingerprint density at radius 2 is 1.69 bits per heavy atom. The summed E-state index contributed by atoms with van der Waals surface area (Å²) < 4.78 is 40.5. The number of alkyl halides is 3. The van der Waals surface area contributed by atoms with E-state index in [2.05, 4.69) is 26.8 Å². The van der Waals surface area contributed by atoms with Crippen LogP contribution in [-0.2, 0) is 12.7 Å². The molecule has 8 nitrogen and oxygen atoms in total. The van der Waals surface area contributed by atoms with Crippen LogP contribution in [0.1, 0.15) is 11.1 Å². The van der Waals surface area contributed by atoms with Crippen molar-refractivity contribution in [2.45, 2.75) is 12.7 Å². The molecule has 0 aliphatic carbocycles. The van der Waals surface area contributed by atoms with Crippen molar-refractivity contribution in [3.63, 3.8) is 0 Å². The van der Waals surface area contributed by atoms with Crippen LogP contribution in [0.2, 0.25) is 0 Å². The van der Waals surface area contributed by atoms with Gasteiger partial charge in [-0.2, -0.15) is 13.2 Å². The number of likely N-dealkylation sites (N-methyl/N-ethyl adjacent to an activating group) is 1. The third kappa shape index (κ3) is 4.63. The number of hydrogen-bond donors (Lipinski definition) is 0. The Balaban J connectivity index is 1.43. The molecule has 2 aliphatic rings. The van der Waals surface area contributed by atoms with Gasteiger partial charge in [-0.1, -0.05) is 6.07 Å². The average molecular weight is 534 g/mol. The minimum absolute atomic E-state index is 0.112. The molecule has 2 aliphatic heterocycles. The fourth-order valence-corrected chi connectivity index (χ4v) is 5.03. The van der Waals surface area contributed by atoms with Crippen molar-refractivity contribution in [2.24, 2.45) is 0 Å². The molecule has 0 N–H and O–H groups in total. The van der Waals surface area contributed by atoms with Crippen LogP contribution in [-0.4, -0.2) is 71.1 Å². The van der Waals surface area contributed by atoms with Crippen LogP contribution >= 0.6 is 0 Å². The first-order valence-corrected chi connectivity index (χ1v) is 12.6. The first kappa shape index (κ1) is 25.1. The number of nitrogens with zero attached hydrogens (tertiary/aromatic N) is 7. The number of rotatable bonds is 3. The summed E-state index contributed by atoms with van der Waals surface area (Å²) in [7, 11) is 3.71. The van der Waals surface area contributed by atoms with E-state index >= 15 is 0 Å². The number of carbonyl (C=O) groups is 1. The van der Waals surface area contributed by atoms with Gasteiger partial charge in [0, 0.05) is 56.7 Å². The Hall–Kier alpha value is -4.25. The number of urea groups is 1. The van der Waals surface area contributed by atoms with Gasteiger partial charge in [0.05, 0.1) is 34.7 Å². The Kier molecular flexibility index (Phi) is 6.10. The minimum atomic E-state index is -4.54. The second-order valence-electron chi connectivity index (χ2n) is 9.91. The number of fused-ring (bicyclic) bond motifs is 3. The van der Waals surface area contributed by atoms with Crippen molar-refractivity contribution in [1.29, 1.82) is 0 Å². The van der Waals surface area contributed by atoms with E-state index in [0.717, 1.165) is 49.7 Å². The van der Waals surface area contributed by atoms with E-state index in [1.54, 1.807) is 25.5 Å². The predicted molar refractivity (Wildman–Crippen MR) is 143 cm³/mol. The lowest BCUT2D eigenvalue weighted by atomic mass is 10.1. The fraction of sp³-hybridized carbons (Fsp3) is 0.286. The van der Waals surface area contributed by atoms with Crippen molar-refractivity contribution in [2.75, 3.05) is 50.1 Å². The molecule has 2 amide bonds. The number of aromatic nitrogens is 3. The van der Waals surface area contributed by atoms with Crippen LogP contribution in [0.4, 0.5) is 35.2 Å². The molecular formula is C28H26F3N7O. The third-order valence-electron chi connectivity index (χ3n) is 7.21. The van der Waals surface area contributed by atoms with Crippen molar-refractivity contribution < 1.29 is 18.0 Å². The molecule has 4 aromatic rings. The second-order valence-corrected chi connectivity index (χ2v) is 9.91. The topological polar surface area (TPSA) is 68.7 Å². The smallest absolute Gasteiger partial charge is 0.354 e. The van der Waals surface area contributed by atoms with Crippen LogP contribution in [0.5, 0.6) is 0 Å². The molecule has 0 bridgehead atoms. The van der Waals surface area contributed by atoms with E-state index in [1.807, 2.05) is 18.2 Å². The zero-order chi connectivity index (χ0) is 27.3. The summed E-state index contributed by atoms with van der Waals surface area (Å²) >= 11 is 0. The molecule has 39 heavy (non-hydrogen) atoms. The molecule has 5 heterocycles. The largest absolute Gasteiger partial charge is 0.416 e. The molecule has 1 saturated heterocycles. The van der Waals surface area contributed by atoms with E-state index in [9.17, 15) is 18.0 Å². The zero-order valence-electron chi connectivity index (χ0n) is 21.5. The van der Waals surface area contributed by atoms with Gasteiger partial charge in [-0.3, -0.25) is 9.88 Å². The number of hydrogen-bond acceptors (Lipinski definition) is 6. The average Bonchev–Trinajstić information content (AvgIpc) is 2.93. The molecule has 0 atom stereocenters. The second kappa shape index (κ2) is 9.49. The van der Waals surface area contributed by atoms with Crippen LogP contribution in [0.25, 0.3) is 22.3 Å². The number of carbonyl (C=O) groups excluding carboxylic acids is 1. The summed E-state index contributed by atoms with van der Waals surface area (Å²) in [6, 6.07) is 11.9. The highest BCUT2D eigenvalue weighted by Crippen LogP contribution is 2.41. The first-order chi connectivity index (χ1) is 18.7. The zero-order valence-corrected chi connectivity index (χ0v) is 21.5. The number of halogens is 3. The fourth-order valence-electron chi connectivity index (χ4n) is 5.03. The number of pyridine rings is 3. The van der Waals surface area contributed by atoms with Crippen LogP contribution < -0.4 is 9.80 Å². The Labute approximate surface area is 223 Å². The quantitative estimate of drug-likeness (QED) is 0.362. The molecule has 0 saturated carbocycles. The number of piperazine rings is 1. The molecular weight excluding hydrogens is 507 g/mol. The molecule has 200 valence electrons. The van der Waals surface area contributed by atoms with Crippen LogP contribution in [0, 0.1) is 0 Å². The van der Waals surface area contributed by atoms with Crippen molar-refractivity contribution >= 4 is 34.3 Å². The van der Waals surface area contributed by atoms with Crippen molar-refractivity contribution in [3.05, 3.63) is 72.1 Å². The Bertz CT molecular complexity index is 1550. The minimum Gasteiger partial charge on any atom is -0.354 e. The highest BCUT2D eigenvalue weighted by Gasteiger charge is 2.35. The molecule has 1 fully saturated rings. The molecule has 11 heteroatoms. The molecule has 0 unspecified atom stereocenters. The third-order valence-corrected chi connectivity index (χ3v) is 7.21. The van der Waals surface area contributed by atoms with Crippen molar-refractivity contribution in [1.82, 2.24) is 24.8 Å². The summed E-state index contributed by atoms with van der Waals surface area (Å²) in [6.07, 6.45) is -1.12. The van der Waals surface area contributed by atoms with E-state index in [1.165, 1.54) is 21.9 Å². The maximum Gasteiger partial charge on any atom is 0.416 e. The number of benzene rings is 1. The summed E-state index contributed by atoms with van der Waals surface area (Å²) in [5.41, 5.74) is 2.80. The molecule has 0 radical (unpaired) electrons. The Morgan fingerprint density at radius 1 is 0.897 bits per heavy atom. The lowest BCUT2D eigenvalue weighted by Crippen LogP contribution is -2.44. The van der Waals surface area contributed by atoms with Gasteiger partial charge in [-0.25, -0.2) is 14.8 Å². The lowest BCUT2D eigenvalue weighted by molar-refractivity contribution is -0.137. The first-order valence-electron chi connectivity index (χ1n) is 12.6. The molecule has 3 aromatic heterocycles. The summed E-state index contributed by atoms with van der Waals surface area (Å²) in [4.78, 5) is 34.7. The number of anilines is 3. The van der Waals surface area contributed by atoms with Crippen molar-refractivity contribution in [3.8, 4) is 11.3 Å². The van der Waals surface area contributed by atoms with Gasteiger partial charge >= 0.3 is 12.2 Å². The maximum atomic E-state index is 13.5. The summed E-state index contributed by atoms with van der Waals surface area (Å²) in [5, 5.41) is 0. The van der Waals surface area contributed by atoms with E-state index in [4.69, 9.17) is 4.98 Å². The highest BCUT2D eigenvalue weighted by molar-refractivity contribution is 6.08. The Morgan fingerprint density at radius 3 is 2.41 bits per heavy atom. The highest BCUT2D eigenvalue weighted by atomic mass is 19.4.